The molecule has 3 rings (SSSR count). The Balaban J connectivity index is 1.80. The SMILES string of the molecule is COc1ccc(F)cc1C(=O)NC1C(c2ccc(S(N)(=O)=O)cc2)C1(C)C. The highest BCUT2D eigenvalue weighted by Gasteiger charge is 2.59. The molecule has 2 atom stereocenters. The lowest BCUT2D eigenvalue weighted by Crippen LogP contribution is -2.29. The summed E-state index contributed by atoms with van der Waals surface area (Å²) in [7, 11) is -2.34. The summed E-state index contributed by atoms with van der Waals surface area (Å²) in [6, 6.07) is 9.89. The summed E-state index contributed by atoms with van der Waals surface area (Å²) in [5, 5.41) is 8.05. The maximum absolute atomic E-state index is 13.5. The number of carbonyl (C=O) groups excluding carboxylic acids is 1. The van der Waals surface area contributed by atoms with Crippen LogP contribution < -0.4 is 15.2 Å². The van der Waals surface area contributed by atoms with Crippen LogP contribution in [0.2, 0.25) is 0 Å². The Kier molecular flexibility index (Phi) is 4.73. The molecule has 0 radical (unpaired) electrons. The molecule has 1 aliphatic rings. The fourth-order valence-corrected chi connectivity index (χ4v) is 3.99. The van der Waals surface area contributed by atoms with E-state index in [1.54, 1.807) is 12.1 Å². The highest BCUT2D eigenvalue weighted by molar-refractivity contribution is 7.89. The van der Waals surface area contributed by atoms with Gasteiger partial charge in [-0.15, -0.1) is 0 Å². The molecule has 0 aromatic heterocycles. The first kappa shape index (κ1) is 19.3. The number of benzene rings is 2. The number of amides is 1. The second-order valence-corrected chi connectivity index (χ2v) is 8.77. The zero-order chi connectivity index (χ0) is 20.0. The van der Waals surface area contributed by atoms with Gasteiger partial charge in [-0.25, -0.2) is 17.9 Å². The number of ether oxygens (including phenoxy) is 1. The van der Waals surface area contributed by atoms with Gasteiger partial charge < -0.3 is 10.1 Å². The van der Waals surface area contributed by atoms with E-state index in [2.05, 4.69) is 5.32 Å². The molecule has 3 N–H and O–H groups in total. The summed E-state index contributed by atoms with van der Waals surface area (Å²) in [6.45, 7) is 4.00. The van der Waals surface area contributed by atoms with Crippen molar-refractivity contribution in [3.63, 3.8) is 0 Å². The van der Waals surface area contributed by atoms with E-state index >= 15 is 0 Å². The molecule has 144 valence electrons. The summed E-state index contributed by atoms with van der Waals surface area (Å²) < 4.78 is 41.4. The van der Waals surface area contributed by atoms with Crippen molar-refractivity contribution in [1.29, 1.82) is 0 Å². The van der Waals surface area contributed by atoms with Crippen molar-refractivity contribution in [2.45, 2.75) is 30.7 Å². The molecule has 1 saturated carbocycles. The number of carbonyl (C=O) groups is 1. The molecule has 0 bridgehead atoms. The Morgan fingerprint density at radius 2 is 1.81 bits per heavy atom. The summed E-state index contributed by atoms with van der Waals surface area (Å²) >= 11 is 0. The Morgan fingerprint density at radius 1 is 1.19 bits per heavy atom. The maximum Gasteiger partial charge on any atom is 0.255 e. The Morgan fingerprint density at radius 3 is 2.37 bits per heavy atom. The van der Waals surface area contributed by atoms with Crippen LogP contribution in [0.15, 0.2) is 47.4 Å². The summed E-state index contributed by atoms with van der Waals surface area (Å²) in [5.41, 5.74) is 0.784. The fourth-order valence-electron chi connectivity index (χ4n) is 3.47. The van der Waals surface area contributed by atoms with Gasteiger partial charge in [0.25, 0.3) is 5.91 Å². The molecule has 2 unspecified atom stereocenters. The van der Waals surface area contributed by atoms with Crippen LogP contribution in [0.25, 0.3) is 0 Å². The molecular formula is C19H21FN2O4S. The van der Waals surface area contributed by atoms with Gasteiger partial charge in [-0.2, -0.15) is 0 Å². The predicted octanol–water partition coefficient (Wildman–Crippen LogP) is 2.40. The number of sulfonamides is 1. The van der Waals surface area contributed by atoms with Crippen LogP contribution in [-0.2, 0) is 10.0 Å². The zero-order valence-corrected chi connectivity index (χ0v) is 16.0. The minimum Gasteiger partial charge on any atom is -0.496 e. The summed E-state index contributed by atoms with van der Waals surface area (Å²) in [6.07, 6.45) is 0. The van der Waals surface area contributed by atoms with Crippen LogP contribution in [0.1, 0.15) is 35.7 Å². The lowest BCUT2D eigenvalue weighted by atomic mass is 10.0. The highest BCUT2D eigenvalue weighted by Crippen LogP contribution is 2.58. The van der Waals surface area contributed by atoms with Gasteiger partial charge in [-0.1, -0.05) is 26.0 Å². The number of hydrogen-bond acceptors (Lipinski definition) is 4. The molecule has 1 amide bonds. The smallest absolute Gasteiger partial charge is 0.255 e. The first-order valence-electron chi connectivity index (χ1n) is 8.33. The Bertz CT molecular complexity index is 987. The number of primary sulfonamides is 1. The van der Waals surface area contributed by atoms with Crippen molar-refractivity contribution in [3.8, 4) is 5.75 Å². The molecule has 0 aliphatic heterocycles. The number of nitrogens with one attached hydrogen (secondary N) is 1. The lowest BCUT2D eigenvalue weighted by molar-refractivity contribution is 0.0942. The largest absolute Gasteiger partial charge is 0.496 e. The molecule has 2 aromatic carbocycles. The Hall–Kier alpha value is -2.45. The van der Waals surface area contributed by atoms with E-state index in [0.717, 1.165) is 11.6 Å². The van der Waals surface area contributed by atoms with E-state index in [-0.39, 0.29) is 27.8 Å². The molecule has 0 saturated heterocycles. The lowest BCUT2D eigenvalue weighted by Gasteiger charge is -2.10. The molecular weight excluding hydrogens is 371 g/mol. The second-order valence-electron chi connectivity index (χ2n) is 7.21. The maximum atomic E-state index is 13.5. The minimum absolute atomic E-state index is 0.00414. The molecule has 1 fully saturated rings. The van der Waals surface area contributed by atoms with Gasteiger partial charge in [-0.3, -0.25) is 4.79 Å². The van der Waals surface area contributed by atoms with Crippen LogP contribution in [0.5, 0.6) is 5.75 Å². The van der Waals surface area contributed by atoms with Gasteiger partial charge in [0.2, 0.25) is 10.0 Å². The highest BCUT2D eigenvalue weighted by atomic mass is 32.2. The number of halogens is 1. The summed E-state index contributed by atoms with van der Waals surface area (Å²) in [5.74, 6) is -0.656. The van der Waals surface area contributed by atoms with E-state index in [1.807, 2.05) is 13.8 Å². The third-order valence-corrected chi connectivity index (χ3v) is 6.02. The van der Waals surface area contributed by atoms with Gasteiger partial charge in [0.05, 0.1) is 17.6 Å². The Labute approximate surface area is 157 Å². The van der Waals surface area contributed by atoms with Crippen molar-refractivity contribution >= 4 is 15.9 Å². The summed E-state index contributed by atoms with van der Waals surface area (Å²) in [4.78, 5) is 12.7. The van der Waals surface area contributed by atoms with Crippen molar-refractivity contribution in [1.82, 2.24) is 5.32 Å². The predicted molar refractivity (Wildman–Crippen MR) is 98.5 cm³/mol. The molecule has 0 spiro atoms. The number of methoxy groups -OCH3 is 1. The average Bonchev–Trinajstić information content (AvgIpc) is 3.14. The third kappa shape index (κ3) is 3.68. The number of rotatable bonds is 5. The normalized spacial score (nSPS) is 20.8. The third-order valence-electron chi connectivity index (χ3n) is 5.09. The quantitative estimate of drug-likeness (QED) is 0.816. The van der Waals surface area contributed by atoms with E-state index in [0.29, 0.717) is 5.75 Å². The number of nitrogens with two attached hydrogens (primary N) is 1. The van der Waals surface area contributed by atoms with Gasteiger partial charge in [0.1, 0.15) is 11.6 Å². The van der Waals surface area contributed by atoms with Gasteiger partial charge >= 0.3 is 0 Å². The van der Waals surface area contributed by atoms with E-state index in [1.165, 1.54) is 31.4 Å². The zero-order valence-electron chi connectivity index (χ0n) is 15.2. The molecule has 0 heterocycles. The average molecular weight is 392 g/mol. The van der Waals surface area contributed by atoms with Crippen LogP contribution in [0.4, 0.5) is 4.39 Å². The minimum atomic E-state index is -3.75. The van der Waals surface area contributed by atoms with E-state index in [9.17, 15) is 17.6 Å². The molecule has 8 heteroatoms. The van der Waals surface area contributed by atoms with E-state index in [4.69, 9.17) is 9.88 Å². The van der Waals surface area contributed by atoms with Crippen LogP contribution in [0.3, 0.4) is 0 Å². The monoisotopic (exact) mass is 392 g/mol. The van der Waals surface area contributed by atoms with Crippen LogP contribution >= 0.6 is 0 Å². The standard InChI is InChI=1S/C19H21FN2O4S/c1-19(2)16(11-4-7-13(8-5-11)27(21,24)25)17(19)22-18(23)14-10-12(20)6-9-15(14)26-3/h4-10,16-17H,1-3H3,(H,22,23)(H2,21,24,25). The van der Waals surface area contributed by atoms with Gasteiger partial charge in [-0.05, 0) is 41.3 Å². The van der Waals surface area contributed by atoms with Crippen molar-refractivity contribution in [3.05, 3.63) is 59.4 Å². The molecule has 1 aliphatic carbocycles. The van der Waals surface area contributed by atoms with Crippen molar-refractivity contribution in [2.75, 3.05) is 7.11 Å². The first-order valence-corrected chi connectivity index (χ1v) is 9.87. The second kappa shape index (κ2) is 6.61. The van der Waals surface area contributed by atoms with Crippen LogP contribution in [-0.4, -0.2) is 27.5 Å². The van der Waals surface area contributed by atoms with Gasteiger partial charge in [0.15, 0.2) is 0 Å². The molecule has 2 aromatic rings. The number of hydrogen-bond donors (Lipinski definition) is 2. The van der Waals surface area contributed by atoms with Crippen LogP contribution in [0, 0.1) is 11.2 Å². The topological polar surface area (TPSA) is 98.5 Å². The fraction of sp³-hybridized carbons (Fsp3) is 0.316. The van der Waals surface area contributed by atoms with E-state index < -0.39 is 21.7 Å². The van der Waals surface area contributed by atoms with Crippen molar-refractivity contribution in [2.24, 2.45) is 10.6 Å². The van der Waals surface area contributed by atoms with Crippen molar-refractivity contribution < 1.29 is 22.3 Å². The molecule has 27 heavy (non-hydrogen) atoms. The first-order chi connectivity index (χ1) is 12.6. The van der Waals surface area contributed by atoms with Gasteiger partial charge in [0, 0.05) is 12.0 Å². The molecule has 6 nitrogen and oxygen atoms in total.